The summed E-state index contributed by atoms with van der Waals surface area (Å²) in [5.74, 6) is -1.45. The van der Waals surface area contributed by atoms with E-state index >= 15 is 0 Å². The topological polar surface area (TPSA) is 72.5 Å². The van der Waals surface area contributed by atoms with Crippen LogP contribution in [0.3, 0.4) is 0 Å². The average Bonchev–Trinajstić information content (AvgIpc) is 2.74. The van der Waals surface area contributed by atoms with Crippen molar-refractivity contribution in [2.24, 2.45) is 0 Å². The van der Waals surface area contributed by atoms with Crippen LogP contribution in [0.1, 0.15) is 37.4 Å². The molecule has 5 heteroatoms. The highest BCUT2D eigenvalue weighted by Gasteiger charge is 2.19. The maximum absolute atomic E-state index is 12.7. The summed E-state index contributed by atoms with van der Waals surface area (Å²) in [5, 5.41) is 2.74. The molecule has 0 saturated heterocycles. The molecule has 0 radical (unpaired) electrons. The minimum atomic E-state index is -0.721. The maximum Gasteiger partial charge on any atom is 0.339 e. The SMILES string of the molecule is Cc1ccc(C)c(NC(=O)COC(=O)c2ccccc2C(=O)c2ccccc2)c1. The van der Waals surface area contributed by atoms with E-state index in [1.807, 2.05) is 38.1 Å². The number of nitrogens with one attached hydrogen (secondary N) is 1. The quantitative estimate of drug-likeness (QED) is 0.505. The standard InChI is InChI=1S/C24H21NO4/c1-16-12-13-17(2)21(14-16)25-22(26)15-29-24(28)20-11-7-6-10-19(20)23(27)18-8-4-3-5-9-18/h3-14H,15H2,1-2H3,(H,25,26). The molecular weight excluding hydrogens is 366 g/mol. The predicted octanol–water partition coefficient (Wildman–Crippen LogP) is 4.33. The van der Waals surface area contributed by atoms with Gasteiger partial charge in [-0.15, -0.1) is 0 Å². The second kappa shape index (κ2) is 8.97. The van der Waals surface area contributed by atoms with Crippen LogP contribution in [0, 0.1) is 13.8 Å². The molecule has 0 aromatic heterocycles. The van der Waals surface area contributed by atoms with E-state index in [1.165, 1.54) is 6.07 Å². The van der Waals surface area contributed by atoms with Crippen molar-refractivity contribution in [3.8, 4) is 0 Å². The summed E-state index contributed by atoms with van der Waals surface area (Å²) in [7, 11) is 0. The van der Waals surface area contributed by atoms with Crippen molar-refractivity contribution in [3.05, 3.63) is 101 Å². The zero-order valence-electron chi connectivity index (χ0n) is 16.3. The van der Waals surface area contributed by atoms with E-state index in [0.717, 1.165) is 11.1 Å². The zero-order chi connectivity index (χ0) is 20.8. The van der Waals surface area contributed by atoms with E-state index in [1.54, 1.807) is 42.5 Å². The van der Waals surface area contributed by atoms with Crippen LogP contribution in [0.25, 0.3) is 0 Å². The summed E-state index contributed by atoms with van der Waals surface area (Å²) in [6, 6.07) is 20.8. The molecule has 0 bridgehead atoms. The normalized spacial score (nSPS) is 10.3. The van der Waals surface area contributed by atoms with Crippen molar-refractivity contribution in [2.75, 3.05) is 11.9 Å². The molecule has 0 aliphatic rings. The lowest BCUT2D eigenvalue weighted by molar-refractivity contribution is -0.119. The maximum atomic E-state index is 12.7. The van der Waals surface area contributed by atoms with E-state index < -0.39 is 18.5 Å². The van der Waals surface area contributed by atoms with Crippen molar-refractivity contribution < 1.29 is 19.1 Å². The molecule has 146 valence electrons. The zero-order valence-corrected chi connectivity index (χ0v) is 16.3. The highest BCUT2D eigenvalue weighted by Crippen LogP contribution is 2.17. The highest BCUT2D eigenvalue weighted by molar-refractivity contribution is 6.14. The van der Waals surface area contributed by atoms with Gasteiger partial charge in [0.2, 0.25) is 0 Å². The van der Waals surface area contributed by atoms with Gasteiger partial charge in [0.05, 0.1) is 5.56 Å². The summed E-state index contributed by atoms with van der Waals surface area (Å²) in [6.07, 6.45) is 0. The Labute approximate surface area is 169 Å². The molecule has 3 rings (SSSR count). The van der Waals surface area contributed by atoms with Gasteiger partial charge in [-0.1, -0.05) is 60.7 Å². The molecule has 0 fully saturated rings. The van der Waals surface area contributed by atoms with Gasteiger partial charge < -0.3 is 10.1 Å². The van der Waals surface area contributed by atoms with Crippen molar-refractivity contribution in [2.45, 2.75) is 13.8 Å². The Morgan fingerprint density at radius 2 is 1.48 bits per heavy atom. The number of esters is 1. The van der Waals surface area contributed by atoms with Gasteiger partial charge in [-0.2, -0.15) is 0 Å². The monoisotopic (exact) mass is 387 g/mol. The number of aryl methyl sites for hydroxylation is 2. The molecule has 0 unspecified atom stereocenters. The van der Waals surface area contributed by atoms with Gasteiger partial charge in [-0.05, 0) is 37.1 Å². The van der Waals surface area contributed by atoms with Gasteiger partial charge in [0.15, 0.2) is 12.4 Å². The fraction of sp³-hybridized carbons (Fsp3) is 0.125. The molecule has 29 heavy (non-hydrogen) atoms. The van der Waals surface area contributed by atoms with Crippen LogP contribution in [-0.2, 0) is 9.53 Å². The summed E-state index contributed by atoms with van der Waals surface area (Å²) >= 11 is 0. The molecule has 0 aliphatic heterocycles. The molecule has 0 spiro atoms. The molecule has 0 aliphatic carbocycles. The minimum Gasteiger partial charge on any atom is -0.452 e. The van der Waals surface area contributed by atoms with Crippen molar-refractivity contribution >= 4 is 23.3 Å². The van der Waals surface area contributed by atoms with Gasteiger partial charge in [-0.3, -0.25) is 9.59 Å². The van der Waals surface area contributed by atoms with Gasteiger partial charge >= 0.3 is 5.97 Å². The first kappa shape index (κ1) is 20.0. The lowest BCUT2D eigenvalue weighted by Crippen LogP contribution is -2.22. The smallest absolute Gasteiger partial charge is 0.339 e. The van der Waals surface area contributed by atoms with Crippen LogP contribution >= 0.6 is 0 Å². The first-order valence-corrected chi connectivity index (χ1v) is 9.18. The molecule has 3 aromatic carbocycles. The number of amides is 1. The van der Waals surface area contributed by atoms with Crippen LogP contribution in [0.4, 0.5) is 5.69 Å². The minimum absolute atomic E-state index is 0.126. The first-order chi connectivity index (χ1) is 14.0. The van der Waals surface area contributed by atoms with Gasteiger partial charge in [-0.25, -0.2) is 4.79 Å². The Kier molecular flexibility index (Phi) is 6.19. The van der Waals surface area contributed by atoms with Gasteiger partial charge in [0, 0.05) is 16.8 Å². The lowest BCUT2D eigenvalue weighted by Gasteiger charge is -2.11. The fourth-order valence-electron chi connectivity index (χ4n) is 2.87. The van der Waals surface area contributed by atoms with E-state index in [9.17, 15) is 14.4 Å². The number of hydrogen-bond acceptors (Lipinski definition) is 4. The Balaban J connectivity index is 1.69. The largest absolute Gasteiger partial charge is 0.452 e. The molecule has 0 atom stereocenters. The summed E-state index contributed by atoms with van der Waals surface area (Å²) in [5.41, 5.74) is 3.43. The van der Waals surface area contributed by atoms with Crippen LogP contribution in [0.2, 0.25) is 0 Å². The molecular formula is C24H21NO4. The number of anilines is 1. The predicted molar refractivity (Wildman–Crippen MR) is 111 cm³/mol. The number of carbonyl (C=O) groups is 3. The van der Waals surface area contributed by atoms with Crippen molar-refractivity contribution in [1.29, 1.82) is 0 Å². The first-order valence-electron chi connectivity index (χ1n) is 9.18. The fourth-order valence-corrected chi connectivity index (χ4v) is 2.87. The van der Waals surface area contributed by atoms with E-state index in [4.69, 9.17) is 4.74 Å². The Bertz CT molecular complexity index is 1060. The Hall–Kier alpha value is -3.73. The molecule has 0 saturated carbocycles. The number of benzene rings is 3. The number of carbonyl (C=O) groups excluding carboxylic acids is 3. The number of ether oxygens (including phenoxy) is 1. The molecule has 1 N–H and O–H groups in total. The number of rotatable bonds is 6. The molecule has 0 heterocycles. The summed E-state index contributed by atoms with van der Waals surface area (Å²) in [6.45, 7) is 3.36. The van der Waals surface area contributed by atoms with Crippen LogP contribution in [-0.4, -0.2) is 24.3 Å². The average molecular weight is 387 g/mol. The highest BCUT2D eigenvalue weighted by atomic mass is 16.5. The van der Waals surface area contributed by atoms with E-state index in [-0.39, 0.29) is 16.9 Å². The molecule has 3 aromatic rings. The third kappa shape index (κ3) is 4.96. The molecule has 1 amide bonds. The third-order valence-corrected chi connectivity index (χ3v) is 4.43. The number of ketones is 1. The summed E-state index contributed by atoms with van der Waals surface area (Å²) in [4.78, 5) is 37.5. The number of hydrogen-bond donors (Lipinski definition) is 1. The van der Waals surface area contributed by atoms with Gasteiger partial charge in [0.25, 0.3) is 5.91 Å². The molecule has 5 nitrogen and oxygen atoms in total. The van der Waals surface area contributed by atoms with Crippen LogP contribution < -0.4 is 5.32 Å². The van der Waals surface area contributed by atoms with E-state index in [2.05, 4.69) is 5.32 Å². The Morgan fingerprint density at radius 3 is 2.21 bits per heavy atom. The van der Waals surface area contributed by atoms with Crippen molar-refractivity contribution in [3.63, 3.8) is 0 Å². The Morgan fingerprint density at radius 1 is 0.828 bits per heavy atom. The van der Waals surface area contributed by atoms with Gasteiger partial charge in [0.1, 0.15) is 0 Å². The van der Waals surface area contributed by atoms with E-state index in [0.29, 0.717) is 11.3 Å². The van der Waals surface area contributed by atoms with Crippen LogP contribution in [0.5, 0.6) is 0 Å². The summed E-state index contributed by atoms with van der Waals surface area (Å²) < 4.78 is 5.16. The lowest BCUT2D eigenvalue weighted by atomic mass is 9.98. The van der Waals surface area contributed by atoms with Crippen LogP contribution in [0.15, 0.2) is 72.8 Å². The second-order valence-corrected chi connectivity index (χ2v) is 6.68. The third-order valence-electron chi connectivity index (χ3n) is 4.43. The van der Waals surface area contributed by atoms with Crippen molar-refractivity contribution in [1.82, 2.24) is 0 Å². The second-order valence-electron chi connectivity index (χ2n) is 6.68.